The number of amides is 1. The molecule has 0 bridgehead atoms. The van der Waals surface area contributed by atoms with Crippen LogP contribution >= 0.6 is 11.3 Å². The van der Waals surface area contributed by atoms with Gasteiger partial charge in [0.05, 0.1) is 6.61 Å². The molecule has 1 fully saturated rings. The van der Waals surface area contributed by atoms with Gasteiger partial charge in [-0.2, -0.15) is 0 Å². The Hall–Kier alpha value is -1.83. The zero-order valence-electron chi connectivity index (χ0n) is 13.5. The monoisotopic (exact) mass is 349 g/mol. The van der Waals surface area contributed by atoms with E-state index < -0.39 is 5.82 Å². The predicted molar refractivity (Wildman–Crippen MR) is 92.0 cm³/mol. The molecule has 2 aromatic rings. The van der Waals surface area contributed by atoms with Crippen LogP contribution in [-0.2, 0) is 11.3 Å². The number of carbonyl (C=O) groups is 1. The summed E-state index contributed by atoms with van der Waals surface area (Å²) in [5.74, 6) is -0.303. The number of rotatable bonds is 5. The number of ether oxygens (including phenoxy) is 1. The van der Waals surface area contributed by atoms with Gasteiger partial charge in [0.1, 0.15) is 5.82 Å². The normalized spacial score (nSPS) is 15.4. The zero-order valence-corrected chi connectivity index (χ0v) is 14.3. The maximum atomic E-state index is 13.9. The third-order valence-electron chi connectivity index (χ3n) is 4.10. The highest BCUT2D eigenvalue weighted by Gasteiger charge is 2.19. The van der Waals surface area contributed by atoms with Crippen molar-refractivity contribution in [1.82, 2.24) is 10.3 Å². The molecule has 7 heteroatoms. The fourth-order valence-electron chi connectivity index (χ4n) is 2.77. The fourth-order valence-corrected chi connectivity index (χ4v) is 3.75. The molecule has 5 nitrogen and oxygen atoms in total. The van der Waals surface area contributed by atoms with E-state index in [2.05, 4.69) is 15.6 Å². The Morgan fingerprint density at radius 3 is 2.96 bits per heavy atom. The third-order valence-corrected chi connectivity index (χ3v) is 5.18. The van der Waals surface area contributed by atoms with Crippen LogP contribution in [0.4, 0.5) is 9.52 Å². The second kappa shape index (κ2) is 7.83. The summed E-state index contributed by atoms with van der Waals surface area (Å²) in [7, 11) is 1.50. The van der Waals surface area contributed by atoms with Crippen LogP contribution in [0.25, 0.3) is 0 Å². The largest absolute Gasteiger partial charge is 0.380 e. The van der Waals surface area contributed by atoms with Crippen molar-refractivity contribution in [3.05, 3.63) is 46.2 Å². The molecule has 0 spiro atoms. The van der Waals surface area contributed by atoms with Gasteiger partial charge in [0, 0.05) is 29.3 Å². The highest BCUT2D eigenvalue weighted by molar-refractivity contribution is 7.15. The van der Waals surface area contributed by atoms with Crippen LogP contribution in [0.15, 0.2) is 24.4 Å². The van der Waals surface area contributed by atoms with Crippen molar-refractivity contribution in [2.45, 2.75) is 25.4 Å². The van der Waals surface area contributed by atoms with Gasteiger partial charge in [0.15, 0.2) is 5.13 Å². The number of methoxy groups -OCH3 is 1. The number of thiazole rings is 1. The summed E-state index contributed by atoms with van der Waals surface area (Å²) in [5, 5.41) is 6.64. The number of nitrogens with zero attached hydrogens (tertiary/aromatic N) is 1. The summed E-state index contributed by atoms with van der Waals surface area (Å²) in [6.45, 7) is 2.20. The first-order valence-electron chi connectivity index (χ1n) is 7.92. The molecule has 1 aliphatic heterocycles. The van der Waals surface area contributed by atoms with Crippen molar-refractivity contribution in [1.29, 1.82) is 0 Å². The van der Waals surface area contributed by atoms with Gasteiger partial charge in [-0.15, -0.1) is 11.3 Å². The van der Waals surface area contributed by atoms with Crippen molar-refractivity contribution in [2.75, 3.05) is 25.5 Å². The van der Waals surface area contributed by atoms with E-state index in [-0.39, 0.29) is 18.1 Å². The highest BCUT2D eigenvalue weighted by atomic mass is 32.1. The second-order valence-corrected chi connectivity index (χ2v) is 6.85. The van der Waals surface area contributed by atoms with Crippen LogP contribution < -0.4 is 10.6 Å². The van der Waals surface area contributed by atoms with Crippen molar-refractivity contribution in [3.63, 3.8) is 0 Å². The average molecular weight is 349 g/mol. The lowest BCUT2D eigenvalue weighted by molar-refractivity contribution is 0.102. The summed E-state index contributed by atoms with van der Waals surface area (Å²) in [6, 6.07) is 4.38. The molecule has 0 aliphatic carbocycles. The lowest BCUT2D eigenvalue weighted by Crippen LogP contribution is -2.26. The fraction of sp³-hybridized carbons (Fsp3) is 0.412. The molecule has 24 heavy (non-hydrogen) atoms. The Morgan fingerprint density at radius 2 is 2.25 bits per heavy atom. The van der Waals surface area contributed by atoms with Crippen LogP contribution in [0.1, 0.15) is 39.6 Å². The zero-order chi connectivity index (χ0) is 16.9. The molecule has 1 amide bonds. The molecule has 0 atom stereocenters. The molecule has 1 aromatic carbocycles. The number of aromatic nitrogens is 1. The molecular formula is C17H20FN3O2S. The first-order valence-corrected chi connectivity index (χ1v) is 8.74. The minimum atomic E-state index is -0.445. The van der Waals surface area contributed by atoms with Crippen molar-refractivity contribution in [2.24, 2.45) is 0 Å². The first kappa shape index (κ1) is 17.0. The molecule has 0 radical (unpaired) electrons. The lowest BCUT2D eigenvalue weighted by Gasteiger charge is -2.20. The van der Waals surface area contributed by atoms with E-state index in [1.807, 2.05) is 6.20 Å². The van der Waals surface area contributed by atoms with Gasteiger partial charge < -0.3 is 10.1 Å². The van der Waals surface area contributed by atoms with Gasteiger partial charge in [-0.25, -0.2) is 9.37 Å². The van der Waals surface area contributed by atoms with E-state index in [4.69, 9.17) is 4.74 Å². The molecule has 1 aromatic heterocycles. The van der Waals surface area contributed by atoms with Crippen molar-refractivity contribution >= 4 is 22.4 Å². The van der Waals surface area contributed by atoms with E-state index in [1.54, 1.807) is 12.1 Å². The topological polar surface area (TPSA) is 63.2 Å². The van der Waals surface area contributed by atoms with E-state index in [0.29, 0.717) is 16.6 Å². The number of hydrogen-bond acceptors (Lipinski definition) is 5. The van der Waals surface area contributed by atoms with Gasteiger partial charge >= 0.3 is 0 Å². The summed E-state index contributed by atoms with van der Waals surface area (Å²) in [5.41, 5.74) is 0.697. The van der Waals surface area contributed by atoms with Crippen molar-refractivity contribution < 1.29 is 13.9 Å². The van der Waals surface area contributed by atoms with Crippen LogP contribution in [0.2, 0.25) is 0 Å². The number of halogens is 1. The van der Waals surface area contributed by atoms with Crippen molar-refractivity contribution in [3.8, 4) is 0 Å². The summed E-state index contributed by atoms with van der Waals surface area (Å²) >= 11 is 1.49. The number of piperidine rings is 1. The smallest absolute Gasteiger partial charge is 0.257 e. The van der Waals surface area contributed by atoms with Crippen LogP contribution in [0.5, 0.6) is 0 Å². The number of carbonyl (C=O) groups excluding carboxylic acids is 1. The van der Waals surface area contributed by atoms with E-state index in [9.17, 15) is 9.18 Å². The molecule has 3 rings (SSSR count). The predicted octanol–water partition coefficient (Wildman–Crippen LogP) is 3.15. The number of nitrogens with one attached hydrogen (secondary N) is 2. The average Bonchev–Trinajstić information content (AvgIpc) is 3.06. The summed E-state index contributed by atoms with van der Waals surface area (Å²) in [6.07, 6.45) is 4.00. The standard InChI is InChI=1S/C17H20FN3O2S/c1-23-10-13-3-2-12(8-14(13)18)16(22)21-17-20-9-15(24-17)11-4-6-19-7-5-11/h2-3,8-9,11,19H,4-7,10H2,1H3,(H,20,21,22). The summed E-state index contributed by atoms with van der Waals surface area (Å²) in [4.78, 5) is 17.7. The van der Waals surface area contributed by atoms with E-state index in [1.165, 1.54) is 29.4 Å². The molecule has 1 aliphatic rings. The maximum absolute atomic E-state index is 13.9. The van der Waals surface area contributed by atoms with E-state index in [0.717, 1.165) is 25.9 Å². The summed E-state index contributed by atoms with van der Waals surface area (Å²) < 4.78 is 18.8. The molecule has 128 valence electrons. The van der Waals surface area contributed by atoms with Gasteiger partial charge in [0.2, 0.25) is 0 Å². The molecular weight excluding hydrogens is 329 g/mol. The van der Waals surface area contributed by atoms with Gasteiger partial charge in [-0.3, -0.25) is 10.1 Å². The Kier molecular flexibility index (Phi) is 5.55. The minimum Gasteiger partial charge on any atom is -0.380 e. The number of benzene rings is 1. The molecule has 0 unspecified atom stereocenters. The van der Waals surface area contributed by atoms with Crippen LogP contribution in [0.3, 0.4) is 0 Å². The lowest BCUT2D eigenvalue weighted by atomic mass is 9.97. The molecule has 1 saturated heterocycles. The Labute approximate surface area is 144 Å². The molecule has 2 N–H and O–H groups in total. The Balaban J connectivity index is 1.66. The van der Waals surface area contributed by atoms with Gasteiger partial charge in [-0.05, 0) is 44.0 Å². The molecule has 2 heterocycles. The van der Waals surface area contributed by atoms with E-state index >= 15 is 0 Å². The maximum Gasteiger partial charge on any atom is 0.257 e. The van der Waals surface area contributed by atoms with Gasteiger partial charge in [-0.1, -0.05) is 6.07 Å². The Bertz CT molecular complexity index is 714. The Morgan fingerprint density at radius 1 is 1.46 bits per heavy atom. The van der Waals surface area contributed by atoms with Crippen LogP contribution in [-0.4, -0.2) is 31.1 Å². The number of anilines is 1. The molecule has 0 saturated carbocycles. The van der Waals surface area contributed by atoms with Gasteiger partial charge in [0.25, 0.3) is 5.91 Å². The third kappa shape index (κ3) is 3.98. The highest BCUT2D eigenvalue weighted by Crippen LogP contribution is 2.31. The number of hydrogen-bond donors (Lipinski definition) is 2. The SMILES string of the molecule is COCc1ccc(C(=O)Nc2ncc(C3CCNCC3)s2)cc1F. The second-order valence-electron chi connectivity index (χ2n) is 5.79. The minimum absolute atomic E-state index is 0.180. The quantitative estimate of drug-likeness (QED) is 0.870. The van der Waals surface area contributed by atoms with Crippen LogP contribution in [0, 0.1) is 5.82 Å². The first-order chi connectivity index (χ1) is 11.7.